The first kappa shape index (κ1) is 12.6. The van der Waals surface area contributed by atoms with Gasteiger partial charge in [0, 0.05) is 6.92 Å². The molecule has 0 fully saturated rings. The van der Waals surface area contributed by atoms with Crippen LogP contribution in [0, 0.1) is 5.41 Å². The van der Waals surface area contributed by atoms with Gasteiger partial charge in [0.25, 0.3) is 5.97 Å². The third-order valence-corrected chi connectivity index (χ3v) is 0.642. The third-order valence-electron chi connectivity index (χ3n) is 0.642. The number of rotatable bonds is 0. The normalized spacial score (nSPS) is 9.45. The van der Waals surface area contributed by atoms with E-state index < -0.39 is 17.4 Å². The predicted molar refractivity (Wildman–Crippen MR) is 40.4 cm³/mol. The molecule has 0 spiro atoms. The van der Waals surface area contributed by atoms with Crippen LogP contribution in [0.1, 0.15) is 27.7 Å². The molecule has 0 aliphatic heterocycles. The molecule has 0 aliphatic carbocycles. The molecule has 0 aliphatic rings. The number of carboxylic acid groups (broad SMARTS) is 2. The molecule has 0 rings (SSSR count). The fourth-order valence-electron chi connectivity index (χ4n) is 0. The summed E-state index contributed by atoms with van der Waals surface area (Å²) in [4.78, 5) is 19.0. The van der Waals surface area contributed by atoms with E-state index in [1.54, 1.807) is 20.8 Å². The van der Waals surface area contributed by atoms with E-state index in [1.807, 2.05) is 0 Å². The Labute approximate surface area is 65.8 Å². The van der Waals surface area contributed by atoms with Gasteiger partial charge in [0.15, 0.2) is 0 Å². The Morgan fingerprint density at radius 2 is 1.18 bits per heavy atom. The van der Waals surface area contributed by atoms with Crippen LogP contribution in [0.25, 0.3) is 0 Å². The summed E-state index contributed by atoms with van der Waals surface area (Å²) in [6, 6.07) is 0. The molecule has 0 aromatic rings. The van der Waals surface area contributed by atoms with Crippen LogP contribution in [-0.2, 0) is 9.59 Å². The Balaban J connectivity index is 0. The van der Waals surface area contributed by atoms with Crippen molar-refractivity contribution in [3.63, 3.8) is 0 Å². The van der Waals surface area contributed by atoms with Crippen molar-refractivity contribution in [1.29, 1.82) is 0 Å². The van der Waals surface area contributed by atoms with Crippen molar-refractivity contribution in [1.82, 2.24) is 0 Å². The van der Waals surface area contributed by atoms with Crippen molar-refractivity contribution in [3.05, 3.63) is 0 Å². The highest BCUT2D eigenvalue weighted by atomic mass is 16.4. The first-order chi connectivity index (χ1) is 4.68. The molecule has 0 aromatic carbocycles. The summed E-state index contributed by atoms with van der Waals surface area (Å²) in [5.41, 5.74) is -0.583. The van der Waals surface area contributed by atoms with Gasteiger partial charge >= 0.3 is 5.97 Å². The second-order valence-corrected chi connectivity index (χ2v) is 3.07. The van der Waals surface area contributed by atoms with Crippen molar-refractivity contribution in [3.8, 4) is 0 Å². The third kappa shape index (κ3) is 17.6. The van der Waals surface area contributed by atoms with Gasteiger partial charge in [0.1, 0.15) is 0 Å². The second-order valence-electron chi connectivity index (χ2n) is 3.07. The maximum Gasteiger partial charge on any atom is 0.308 e. The molecule has 0 amide bonds. The van der Waals surface area contributed by atoms with Crippen LogP contribution in [0.5, 0.6) is 0 Å². The minimum Gasteiger partial charge on any atom is -0.481 e. The van der Waals surface area contributed by atoms with Gasteiger partial charge in [-0.15, -0.1) is 0 Å². The highest BCUT2D eigenvalue weighted by Gasteiger charge is 2.18. The van der Waals surface area contributed by atoms with Crippen molar-refractivity contribution in [2.24, 2.45) is 5.41 Å². The van der Waals surface area contributed by atoms with Crippen molar-refractivity contribution in [2.45, 2.75) is 27.7 Å². The molecule has 0 aromatic heterocycles. The van der Waals surface area contributed by atoms with Crippen molar-refractivity contribution in [2.75, 3.05) is 0 Å². The molecule has 4 heteroatoms. The van der Waals surface area contributed by atoms with Crippen LogP contribution >= 0.6 is 0 Å². The van der Waals surface area contributed by atoms with Gasteiger partial charge < -0.3 is 10.2 Å². The van der Waals surface area contributed by atoms with Crippen LogP contribution in [0.4, 0.5) is 0 Å². The van der Waals surface area contributed by atoms with E-state index in [1.165, 1.54) is 0 Å². The lowest BCUT2D eigenvalue weighted by atomic mass is 9.98. The van der Waals surface area contributed by atoms with E-state index in [0.29, 0.717) is 0 Å². The van der Waals surface area contributed by atoms with E-state index in [4.69, 9.17) is 15.0 Å². The minimum absolute atomic E-state index is 0.583. The standard InChI is InChI=1S/C5H10O2.C2H4O2/c1-5(2,3)4(6)7;1-2(3)4/h1-3H3,(H,6,7);1H3,(H,3,4). The SMILES string of the molecule is CC(=O)O.CC(C)(C)C(=O)O. The van der Waals surface area contributed by atoms with Crippen molar-refractivity contribution >= 4 is 11.9 Å². The largest absolute Gasteiger partial charge is 0.481 e. The quantitative estimate of drug-likeness (QED) is 0.561. The number of carboxylic acids is 2. The lowest BCUT2D eigenvalue weighted by molar-refractivity contribution is -0.145. The van der Waals surface area contributed by atoms with Crippen LogP contribution in [-0.4, -0.2) is 22.2 Å². The molecule has 0 unspecified atom stereocenters. The predicted octanol–water partition coefficient (Wildman–Crippen LogP) is 1.21. The monoisotopic (exact) mass is 162 g/mol. The Morgan fingerprint density at radius 3 is 1.18 bits per heavy atom. The zero-order valence-corrected chi connectivity index (χ0v) is 7.21. The van der Waals surface area contributed by atoms with Crippen LogP contribution in [0.3, 0.4) is 0 Å². The van der Waals surface area contributed by atoms with Gasteiger partial charge in [0.05, 0.1) is 5.41 Å². The molecule has 0 saturated carbocycles. The number of hydrogen-bond acceptors (Lipinski definition) is 2. The highest BCUT2D eigenvalue weighted by molar-refractivity contribution is 5.72. The Hall–Kier alpha value is -1.06. The molecule has 66 valence electrons. The first-order valence-electron chi connectivity index (χ1n) is 3.11. The zero-order valence-electron chi connectivity index (χ0n) is 7.21. The highest BCUT2D eigenvalue weighted by Crippen LogP contribution is 2.11. The summed E-state index contributed by atoms with van der Waals surface area (Å²) in [6.45, 7) is 6.07. The van der Waals surface area contributed by atoms with Crippen LogP contribution < -0.4 is 0 Å². The Kier molecular flexibility index (Phi) is 5.39. The molecule has 2 N–H and O–H groups in total. The van der Waals surface area contributed by atoms with Gasteiger partial charge in [-0.2, -0.15) is 0 Å². The molecule has 0 bridgehead atoms. The van der Waals surface area contributed by atoms with E-state index in [-0.39, 0.29) is 0 Å². The average molecular weight is 162 g/mol. The van der Waals surface area contributed by atoms with Crippen molar-refractivity contribution < 1.29 is 19.8 Å². The molecular weight excluding hydrogens is 148 g/mol. The fraction of sp³-hybridized carbons (Fsp3) is 0.714. The molecule has 4 nitrogen and oxygen atoms in total. The smallest absolute Gasteiger partial charge is 0.308 e. The minimum atomic E-state index is -0.833. The van der Waals surface area contributed by atoms with E-state index in [2.05, 4.69) is 0 Å². The number of hydrogen-bond donors (Lipinski definition) is 2. The van der Waals surface area contributed by atoms with E-state index >= 15 is 0 Å². The summed E-state index contributed by atoms with van der Waals surface area (Å²) in [6.07, 6.45) is 0. The molecule has 0 heterocycles. The van der Waals surface area contributed by atoms with E-state index in [0.717, 1.165) is 6.92 Å². The lowest BCUT2D eigenvalue weighted by Crippen LogP contribution is -2.18. The molecule has 0 radical (unpaired) electrons. The topological polar surface area (TPSA) is 74.6 Å². The van der Waals surface area contributed by atoms with Gasteiger partial charge in [-0.25, -0.2) is 0 Å². The maximum atomic E-state index is 10.0. The van der Waals surface area contributed by atoms with Crippen LogP contribution in [0.15, 0.2) is 0 Å². The molecule has 0 saturated heterocycles. The Morgan fingerprint density at radius 1 is 1.09 bits per heavy atom. The Bertz CT molecular complexity index is 139. The van der Waals surface area contributed by atoms with E-state index in [9.17, 15) is 4.79 Å². The number of aliphatic carboxylic acids is 2. The fourth-order valence-corrected chi connectivity index (χ4v) is 0. The van der Waals surface area contributed by atoms with Crippen LogP contribution in [0.2, 0.25) is 0 Å². The lowest BCUT2D eigenvalue weighted by Gasteiger charge is -2.08. The summed E-state index contributed by atoms with van der Waals surface area (Å²) in [5, 5.41) is 15.7. The zero-order chi connectivity index (χ0) is 9.65. The maximum absolute atomic E-state index is 10.0. The summed E-state index contributed by atoms with van der Waals surface area (Å²) >= 11 is 0. The average Bonchev–Trinajstić information content (AvgIpc) is 1.59. The summed E-state index contributed by atoms with van der Waals surface area (Å²) < 4.78 is 0. The summed E-state index contributed by atoms with van der Waals surface area (Å²) in [7, 11) is 0. The molecule has 11 heavy (non-hydrogen) atoms. The van der Waals surface area contributed by atoms with Gasteiger partial charge in [-0.3, -0.25) is 9.59 Å². The van der Waals surface area contributed by atoms with Gasteiger partial charge in [-0.05, 0) is 20.8 Å². The second kappa shape index (κ2) is 4.71. The number of carbonyl (C=O) groups is 2. The first-order valence-corrected chi connectivity index (χ1v) is 3.11. The van der Waals surface area contributed by atoms with Gasteiger partial charge in [0.2, 0.25) is 0 Å². The molecule has 0 atom stereocenters. The van der Waals surface area contributed by atoms with Gasteiger partial charge in [-0.1, -0.05) is 0 Å². The molecular formula is C7H14O4. The summed E-state index contributed by atoms with van der Waals surface area (Å²) in [5.74, 6) is -1.59.